The van der Waals surface area contributed by atoms with Gasteiger partial charge in [0.05, 0.1) is 5.02 Å². The first-order chi connectivity index (χ1) is 7.51. The van der Waals surface area contributed by atoms with Gasteiger partial charge in [-0.15, -0.1) is 0 Å². The van der Waals surface area contributed by atoms with E-state index >= 15 is 0 Å². The zero-order valence-corrected chi connectivity index (χ0v) is 11.2. The fourth-order valence-electron chi connectivity index (χ4n) is 1.85. The molecule has 0 unspecified atom stereocenters. The van der Waals surface area contributed by atoms with Gasteiger partial charge in [0.15, 0.2) is 5.78 Å². The minimum Gasteiger partial charge on any atom is -0.294 e. The van der Waals surface area contributed by atoms with E-state index in [9.17, 15) is 4.79 Å². The Morgan fingerprint density at radius 3 is 2.19 bits per heavy atom. The van der Waals surface area contributed by atoms with E-state index in [4.69, 9.17) is 11.6 Å². The summed E-state index contributed by atoms with van der Waals surface area (Å²) in [7, 11) is 0. The van der Waals surface area contributed by atoms with E-state index in [2.05, 4.69) is 0 Å². The topological polar surface area (TPSA) is 17.1 Å². The van der Waals surface area contributed by atoms with Crippen molar-refractivity contribution in [3.8, 4) is 0 Å². The van der Waals surface area contributed by atoms with Gasteiger partial charge in [-0.05, 0) is 49.9 Å². The number of ketones is 1. The number of hydrogen-bond donors (Lipinski definition) is 0. The summed E-state index contributed by atoms with van der Waals surface area (Å²) in [5, 5.41) is 0.583. The monoisotopic (exact) mass is 238 g/mol. The summed E-state index contributed by atoms with van der Waals surface area (Å²) in [6.07, 6.45) is 1.75. The highest BCUT2D eigenvalue weighted by Gasteiger charge is 2.19. The largest absolute Gasteiger partial charge is 0.294 e. The number of carbonyl (C=O) groups excluding carboxylic acids is 1. The van der Waals surface area contributed by atoms with Crippen molar-refractivity contribution in [3.05, 3.63) is 33.8 Å². The standard InChI is InChI=1S/C14H19ClO/c1-5-11(6-2)14(16)12-7-9(3)10(4)8-13(12)15/h7-8,11H,5-6H2,1-4H3. The summed E-state index contributed by atoms with van der Waals surface area (Å²) >= 11 is 6.13. The van der Waals surface area contributed by atoms with E-state index < -0.39 is 0 Å². The Labute approximate surface area is 103 Å². The first kappa shape index (κ1) is 13.2. The molecule has 0 saturated heterocycles. The van der Waals surface area contributed by atoms with Gasteiger partial charge in [-0.25, -0.2) is 0 Å². The highest BCUT2D eigenvalue weighted by atomic mass is 35.5. The molecule has 0 aromatic heterocycles. The molecule has 88 valence electrons. The first-order valence-corrected chi connectivity index (χ1v) is 6.20. The minimum absolute atomic E-state index is 0.0969. The predicted octanol–water partition coefficient (Wildman–Crippen LogP) is 4.58. The molecule has 0 aliphatic carbocycles. The van der Waals surface area contributed by atoms with E-state index in [1.54, 1.807) is 0 Å². The van der Waals surface area contributed by atoms with Crippen LogP contribution in [0, 0.1) is 19.8 Å². The van der Waals surface area contributed by atoms with Gasteiger partial charge in [0.25, 0.3) is 0 Å². The Morgan fingerprint density at radius 1 is 1.19 bits per heavy atom. The molecule has 0 bridgehead atoms. The molecule has 2 heteroatoms. The van der Waals surface area contributed by atoms with Crippen LogP contribution in [0.15, 0.2) is 12.1 Å². The second kappa shape index (κ2) is 5.49. The van der Waals surface area contributed by atoms with Gasteiger partial charge < -0.3 is 0 Å². The average Bonchev–Trinajstić information content (AvgIpc) is 2.25. The maximum atomic E-state index is 12.2. The molecule has 1 nitrogen and oxygen atoms in total. The number of halogens is 1. The molecular weight excluding hydrogens is 220 g/mol. The molecule has 0 radical (unpaired) electrons. The van der Waals surface area contributed by atoms with Crippen LogP contribution in [0.5, 0.6) is 0 Å². The molecule has 0 aliphatic heterocycles. The van der Waals surface area contributed by atoms with Crippen LogP contribution in [-0.2, 0) is 0 Å². The summed E-state index contributed by atoms with van der Waals surface area (Å²) in [6, 6.07) is 3.80. The van der Waals surface area contributed by atoms with Crippen molar-refractivity contribution < 1.29 is 4.79 Å². The Bertz CT molecular complexity index is 392. The highest BCUT2D eigenvalue weighted by molar-refractivity contribution is 6.34. The molecule has 0 heterocycles. The van der Waals surface area contributed by atoms with E-state index in [-0.39, 0.29) is 11.7 Å². The van der Waals surface area contributed by atoms with Crippen LogP contribution in [0.1, 0.15) is 48.2 Å². The van der Waals surface area contributed by atoms with E-state index in [1.165, 1.54) is 0 Å². The average molecular weight is 239 g/mol. The van der Waals surface area contributed by atoms with Crippen molar-refractivity contribution in [1.82, 2.24) is 0 Å². The summed E-state index contributed by atoms with van der Waals surface area (Å²) in [5.74, 6) is 0.276. The quantitative estimate of drug-likeness (QED) is 0.702. The molecule has 0 amide bonds. The normalized spacial score (nSPS) is 10.9. The lowest BCUT2D eigenvalue weighted by Gasteiger charge is -2.13. The number of benzene rings is 1. The van der Waals surface area contributed by atoms with Gasteiger partial charge in [0, 0.05) is 11.5 Å². The molecule has 1 aromatic carbocycles. The van der Waals surface area contributed by atoms with Crippen LogP contribution >= 0.6 is 11.6 Å². The van der Waals surface area contributed by atoms with E-state index in [0.29, 0.717) is 10.6 Å². The molecule has 0 saturated carbocycles. The predicted molar refractivity (Wildman–Crippen MR) is 69.3 cm³/mol. The second-order valence-corrected chi connectivity index (χ2v) is 4.70. The third kappa shape index (κ3) is 2.65. The van der Waals surface area contributed by atoms with Crippen molar-refractivity contribution in [1.29, 1.82) is 0 Å². The Balaban J connectivity index is 3.13. The van der Waals surface area contributed by atoms with Gasteiger partial charge in [0.1, 0.15) is 0 Å². The lowest BCUT2D eigenvalue weighted by atomic mass is 9.91. The molecular formula is C14H19ClO. The summed E-state index contributed by atoms with van der Waals surface area (Å²) in [5.41, 5.74) is 2.93. The molecule has 0 N–H and O–H groups in total. The lowest BCUT2D eigenvalue weighted by molar-refractivity contribution is 0.0913. The lowest BCUT2D eigenvalue weighted by Crippen LogP contribution is -2.14. The van der Waals surface area contributed by atoms with Crippen LogP contribution in [-0.4, -0.2) is 5.78 Å². The Hall–Kier alpha value is -0.820. The zero-order valence-electron chi connectivity index (χ0n) is 10.4. The maximum absolute atomic E-state index is 12.2. The summed E-state index contributed by atoms with van der Waals surface area (Å²) < 4.78 is 0. The highest BCUT2D eigenvalue weighted by Crippen LogP contribution is 2.25. The number of aryl methyl sites for hydroxylation is 2. The van der Waals surface area contributed by atoms with Gasteiger partial charge >= 0.3 is 0 Å². The molecule has 16 heavy (non-hydrogen) atoms. The fraction of sp³-hybridized carbons (Fsp3) is 0.500. The molecule has 1 rings (SSSR count). The minimum atomic E-state index is 0.0969. The molecule has 1 aromatic rings. The van der Waals surface area contributed by atoms with Gasteiger partial charge in [-0.3, -0.25) is 4.79 Å². The van der Waals surface area contributed by atoms with Crippen LogP contribution in [0.25, 0.3) is 0 Å². The van der Waals surface area contributed by atoms with Crippen molar-refractivity contribution in [2.45, 2.75) is 40.5 Å². The number of carbonyl (C=O) groups is 1. The number of rotatable bonds is 4. The molecule has 0 atom stereocenters. The molecule has 0 spiro atoms. The first-order valence-electron chi connectivity index (χ1n) is 5.82. The second-order valence-electron chi connectivity index (χ2n) is 4.29. The maximum Gasteiger partial charge on any atom is 0.167 e. The summed E-state index contributed by atoms with van der Waals surface area (Å²) in [6.45, 7) is 8.10. The Morgan fingerprint density at radius 2 is 1.69 bits per heavy atom. The van der Waals surface area contributed by atoms with Crippen molar-refractivity contribution in [3.63, 3.8) is 0 Å². The van der Waals surface area contributed by atoms with Gasteiger partial charge in [-0.2, -0.15) is 0 Å². The van der Waals surface area contributed by atoms with Crippen molar-refractivity contribution >= 4 is 17.4 Å². The fourth-order valence-corrected chi connectivity index (χ4v) is 2.16. The third-order valence-electron chi connectivity index (χ3n) is 3.21. The van der Waals surface area contributed by atoms with Crippen LogP contribution in [0.3, 0.4) is 0 Å². The van der Waals surface area contributed by atoms with E-state index in [1.807, 2.05) is 39.8 Å². The van der Waals surface area contributed by atoms with Crippen molar-refractivity contribution in [2.75, 3.05) is 0 Å². The molecule has 0 fully saturated rings. The third-order valence-corrected chi connectivity index (χ3v) is 3.52. The number of Topliss-reactive ketones (excluding diaryl/α,β-unsaturated/α-hetero) is 1. The van der Waals surface area contributed by atoms with Crippen molar-refractivity contribution in [2.24, 2.45) is 5.92 Å². The van der Waals surface area contributed by atoms with Gasteiger partial charge in [-0.1, -0.05) is 25.4 Å². The van der Waals surface area contributed by atoms with Crippen LogP contribution in [0.4, 0.5) is 0 Å². The zero-order chi connectivity index (χ0) is 12.3. The van der Waals surface area contributed by atoms with Crippen LogP contribution < -0.4 is 0 Å². The molecule has 0 aliphatic rings. The number of hydrogen-bond acceptors (Lipinski definition) is 1. The van der Waals surface area contributed by atoms with Crippen LogP contribution in [0.2, 0.25) is 5.02 Å². The SMILES string of the molecule is CCC(CC)C(=O)c1cc(C)c(C)cc1Cl. The van der Waals surface area contributed by atoms with E-state index in [0.717, 1.165) is 24.0 Å². The van der Waals surface area contributed by atoms with Gasteiger partial charge in [0.2, 0.25) is 0 Å². The summed E-state index contributed by atoms with van der Waals surface area (Å²) in [4.78, 5) is 12.2. The Kier molecular flexibility index (Phi) is 4.55. The smallest absolute Gasteiger partial charge is 0.167 e.